The number of thioether (sulfide) groups is 1. The minimum Gasteiger partial charge on any atom is -0.490 e. The van der Waals surface area contributed by atoms with E-state index in [9.17, 15) is 19.2 Å². The molecule has 1 N–H and O–H groups in total. The van der Waals surface area contributed by atoms with Gasteiger partial charge < -0.3 is 19.3 Å². The highest BCUT2D eigenvalue weighted by molar-refractivity contribution is 8.18. The molecule has 1 aromatic carbocycles. The summed E-state index contributed by atoms with van der Waals surface area (Å²) in [6.07, 6.45) is 1.48. The van der Waals surface area contributed by atoms with Gasteiger partial charge in [-0.3, -0.25) is 14.5 Å². The average Bonchev–Trinajstić information content (AvgIpc) is 2.93. The van der Waals surface area contributed by atoms with E-state index in [4.69, 9.17) is 14.6 Å². The fraction of sp³-hybridized carbons (Fsp3) is 0.333. The Morgan fingerprint density at radius 3 is 2.57 bits per heavy atom. The first-order chi connectivity index (χ1) is 13.3. The van der Waals surface area contributed by atoms with Gasteiger partial charge in [-0.05, 0) is 49.4 Å². The number of carboxylic acid groups (broad SMARTS) is 1. The lowest BCUT2D eigenvalue weighted by Gasteiger charge is -2.18. The Bertz CT molecular complexity index is 835. The van der Waals surface area contributed by atoms with Crippen molar-refractivity contribution in [1.82, 2.24) is 4.90 Å². The van der Waals surface area contributed by atoms with E-state index in [2.05, 4.69) is 4.74 Å². The number of aliphatic carboxylic acids is 1. The molecular formula is C18H19NO8S. The molecule has 0 aliphatic carbocycles. The summed E-state index contributed by atoms with van der Waals surface area (Å²) in [5.74, 6) is -1.87. The van der Waals surface area contributed by atoms with E-state index in [1.807, 2.05) is 0 Å². The van der Waals surface area contributed by atoms with Gasteiger partial charge in [0, 0.05) is 0 Å². The van der Waals surface area contributed by atoms with Crippen molar-refractivity contribution < 1.29 is 38.5 Å². The molecule has 0 bridgehead atoms. The van der Waals surface area contributed by atoms with Gasteiger partial charge in [0.05, 0.1) is 18.6 Å². The molecule has 1 aromatic rings. The molecule has 0 aromatic heterocycles. The van der Waals surface area contributed by atoms with E-state index in [1.54, 1.807) is 19.1 Å². The zero-order valence-electron chi connectivity index (χ0n) is 15.5. The number of imide groups is 1. The summed E-state index contributed by atoms with van der Waals surface area (Å²) in [4.78, 5) is 48.0. The second-order valence-corrected chi connectivity index (χ2v) is 6.57. The zero-order valence-corrected chi connectivity index (χ0v) is 16.3. The van der Waals surface area contributed by atoms with Crippen LogP contribution in [0.15, 0.2) is 23.1 Å². The highest BCUT2D eigenvalue weighted by Gasteiger charge is 2.41. The molecule has 2 rings (SSSR count). The molecule has 0 unspecified atom stereocenters. The summed E-state index contributed by atoms with van der Waals surface area (Å²) < 4.78 is 15.2. The first kappa shape index (κ1) is 21.3. The van der Waals surface area contributed by atoms with Gasteiger partial charge in [-0.15, -0.1) is 0 Å². The fourth-order valence-electron chi connectivity index (χ4n) is 2.38. The number of benzene rings is 1. The molecule has 1 saturated heterocycles. The largest absolute Gasteiger partial charge is 0.490 e. The van der Waals surface area contributed by atoms with Gasteiger partial charge in [0.15, 0.2) is 18.1 Å². The minimum atomic E-state index is -1.13. The number of amides is 2. The van der Waals surface area contributed by atoms with Gasteiger partial charge >= 0.3 is 11.9 Å². The number of carbonyl (C=O) groups excluding carboxylic acids is 3. The molecule has 1 aliphatic rings. The van der Waals surface area contributed by atoms with Crippen molar-refractivity contribution in [1.29, 1.82) is 0 Å². The predicted molar refractivity (Wildman–Crippen MR) is 100 cm³/mol. The van der Waals surface area contributed by atoms with Crippen LogP contribution >= 0.6 is 11.8 Å². The van der Waals surface area contributed by atoms with Crippen molar-refractivity contribution in [3.63, 3.8) is 0 Å². The fourth-order valence-corrected chi connectivity index (χ4v) is 3.29. The molecule has 150 valence electrons. The standard InChI is InChI=1S/C18H19NO8S/c1-4-26-13-7-11(5-6-12(13)27-9-15(20)21)8-14-16(22)19(18(24)28-14)10(2)17(23)25-3/h5-8,10H,4,9H2,1-3H3,(H,20,21)/b14-8+/t10-/m0/s1. The van der Waals surface area contributed by atoms with E-state index in [0.29, 0.717) is 29.7 Å². The van der Waals surface area contributed by atoms with Crippen LogP contribution in [0, 0.1) is 0 Å². The summed E-state index contributed by atoms with van der Waals surface area (Å²) in [6.45, 7) is 2.96. The summed E-state index contributed by atoms with van der Waals surface area (Å²) in [5.41, 5.74) is 0.544. The first-order valence-electron chi connectivity index (χ1n) is 8.24. The predicted octanol–water partition coefficient (Wildman–Crippen LogP) is 2.15. The molecule has 10 heteroatoms. The SMILES string of the molecule is CCOc1cc(/C=C2/SC(=O)N([C@@H](C)C(=O)OC)C2=O)ccc1OCC(=O)O. The number of hydrogen-bond donors (Lipinski definition) is 1. The maximum Gasteiger partial charge on any atom is 0.341 e. The Kier molecular flexibility index (Phi) is 7.05. The van der Waals surface area contributed by atoms with Crippen molar-refractivity contribution in [2.45, 2.75) is 19.9 Å². The average molecular weight is 409 g/mol. The van der Waals surface area contributed by atoms with Gasteiger partial charge in [-0.1, -0.05) is 6.07 Å². The molecule has 2 amide bonds. The molecular weight excluding hydrogens is 390 g/mol. The van der Waals surface area contributed by atoms with Gasteiger partial charge in [0.1, 0.15) is 6.04 Å². The van der Waals surface area contributed by atoms with Crippen LogP contribution in [-0.4, -0.2) is 59.5 Å². The van der Waals surface area contributed by atoms with Crippen molar-refractivity contribution in [2.75, 3.05) is 20.3 Å². The maximum absolute atomic E-state index is 12.5. The molecule has 0 saturated carbocycles. The molecule has 1 aliphatic heterocycles. The number of ether oxygens (including phenoxy) is 3. The molecule has 28 heavy (non-hydrogen) atoms. The normalized spacial score (nSPS) is 16.2. The highest BCUT2D eigenvalue weighted by Crippen LogP contribution is 2.35. The van der Waals surface area contributed by atoms with E-state index in [0.717, 1.165) is 4.90 Å². The minimum absolute atomic E-state index is 0.141. The molecule has 0 spiro atoms. The zero-order chi connectivity index (χ0) is 20.8. The quantitative estimate of drug-likeness (QED) is 0.508. The van der Waals surface area contributed by atoms with Crippen molar-refractivity contribution in [2.24, 2.45) is 0 Å². The van der Waals surface area contributed by atoms with Crippen LogP contribution in [0.3, 0.4) is 0 Å². The van der Waals surface area contributed by atoms with Crippen LogP contribution < -0.4 is 9.47 Å². The molecule has 0 radical (unpaired) electrons. The number of rotatable bonds is 8. The number of esters is 1. The van der Waals surface area contributed by atoms with E-state index < -0.39 is 35.7 Å². The number of carbonyl (C=O) groups is 4. The number of nitrogens with zero attached hydrogens (tertiary/aromatic N) is 1. The van der Waals surface area contributed by atoms with E-state index in [-0.39, 0.29) is 10.7 Å². The summed E-state index contributed by atoms with van der Waals surface area (Å²) in [5, 5.41) is 8.17. The third-order valence-electron chi connectivity index (χ3n) is 3.67. The maximum atomic E-state index is 12.5. The Morgan fingerprint density at radius 1 is 1.25 bits per heavy atom. The smallest absolute Gasteiger partial charge is 0.341 e. The van der Waals surface area contributed by atoms with Crippen LogP contribution in [0.25, 0.3) is 6.08 Å². The van der Waals surface area contributed by atoms with E-state index in [1.165, 1.54) is 26.2 Å². The Balaban J connectivity index is 2.28. The van der Waals surface area contributed by atoms with Crippen LogP contribution in [-0.2, 0) is 19.1 Å². The van der Waals surface area contributed by atoms with Crippen LogP contribution in [0.4, 0.5) is 4.79 Å². The lowest BCUT2D eigenvalue weighted by atomic mass is 10.1. The van der Waals surface area contributed by atoms with Gasteiger partial charge in [0.25, 0.3) is 11.1 Å². The second kappa shape index (κ2) is 9.27. The molecule has 1 fully saturated rings. The highest BCUT2D eigenvalue weighted by atomic mass is 32.2. The van der Waals surface area contributed by atoms with Gasteiger partial charge in [-0.25, -0.2) is 9.59 Å². The van der Waals surface area contributed by atoms with E-state index >= 15 is 0 Å². The number of methoxy groups -OCH3 is 1. The second-order valence-electron chi connectivity index (χ2n) is 5.57. The Labute approximate surface area is 165 Å². The lowest BCUT2D eigenvalue weighted by Crippen LogP contribution is -2.42. The summed E-state index contributed by atoms with van der Waals surface area (Å²) >= 11 is 0.711. The van der Waals surface area contributed by atoms with Crippen molar-refractivity contribution >= 4 is 40.9 Å². The molecule has 1 heterocycles. The summed E-state index contributed by atoms with van der Waals surface area (Å²) in [6, 6.07) is 3.64. The van der Waals surface area contributed by atoms with Crippen molar-refractivity contribution in [3.05, 3.63) is 28.7 Å². The number of carboxylic acids is 1. The third kappa shape index (κ3) is 4.83. The third-order valence-corrected chi connectivity index (χ3v) is 4.55. The monoisotopic (exact) mass is 409 g/mol. The van der Waals surface area contributed by atoms with Gasteiger partial charge in [0.2, 0.25) is 0 Å². The van der Waals surface area contributed by atoms with Crippen LogP contribution in [0.1, 0.15) is 19.4 Å². The van der Waals surface area contributed by atoms with Crippen LogP contribution in [0.2, 0.25) is 0 Å². The topological polar surface area (TPSA) is 119 Å². The lowest BCUT2D eigenvalue weighted by molar-refractivity contribution is -0.148. The first-order valence-corrected chi connectivity index (χ1v) is 9.06. The van der Waals surface area contributed by atoms with Gasteiger partial charge in [-0.2, -0.15) is 0 Å². The van der Waals surface area contributed by atoms with Crippen molar-refractivity contribution in [3.8, 4) is 11.5 Å². The Morgan fingerprint density at radius 2 is 1.96 bits per heavy atom. The molecule has 1 atom stereocenters. The Hall–Kier alpha value is -3.01. The molecule has 9 nitrogen and oxygen atoms in total. The number of hydrogen-bond acceptors (Lipinski definition) is 8. The van der Waals surface area contributed by atoms with Crippen LogP contribution in [0.5, 0.6) is 11.5 Å². The summed E-state index contributed by atoms with van der Waals surface area (Å²) in [7, 11) is 1.18.